The quantitative estimate of drug-likeness (QED) is 0.937. The van der Waals surface area contributed by atoms with Gasteiger partial charge in [0.05, 0.1) is 11.3 Å². The summed E-state index contributed by atoms with van der Waals surface area (Å²) in [6.07, 6.45) is 0.731. The molecule has 0 atom stereocenters. The van der Waals surface area contributed by atoms with Gasteiger partial charge in [-0.15, -0.1) is 0 Å². The Morgan fingerprint density at radius 3 is 2.84 bits per heavy atom. The molecule has 4 nitrogen and oxygen atoms in total. The van der Waals surface area contributed by atoms with Gasteiger partial charge in [0.2, 0.25) is 0 Å². The van der Waals surface area contributed by atoms with Crippen molar-refractivity contribution in [3.05, 3.63) is 51.9 Å². The average Bonchev–Trinajstić information content (AvgIpc) is 2.89. The summed E-state index contributed by atoms with van der Waals surface area (Å²) in [5.74, 6) is 0.628. The zero-order valence-corrected chi connectivity index (χ0v) is 11.8. The van der Waals surface area contributed by atoms with Gasteiger partial charge in [0.15, 0.2) is 5.76 Å². The molecule has 0 aliphatic carbocycles. The van der Waals surface area contributed by atoms with Crippen LogP contribution in [0, 0.1) is 11.3 Å². The van der Waals surface area contributed by atoms with Crippen LogP contribution in [0.1, 0.15) is 28.8 Å². The fraction of sp³-hybridized carbons (Fsp3) is 0.143. The number of furan rings is 1. The van der Waals surface area contributed by atoms with Crippen molar-refractivity contribution in [2.45, 2.75) is 13.3 Å². The number of aryl methyl sites for hydroxylation is 1. The molecule has 0 fully saturated rings. The van der Waals surface area contributed by atoms with E-state index in [2.05, 4.69) is 21.2 Å². The Kier molecular flexibility index (Phi) is 4.03. The standard InChI is InChI=1S/C14H11BrN2O2/c1-2-11-4-6-13(19-11)14(18)17-12-5-3-10(15)7-9(12)8-16/h3-7H,2H2,1H3,(H,17,18). The predicted octanol–water partition coefficient (Wildman–Crippen LogP) is 3.73. The summed E-state index contributed by atoms with van der Waals surface area (Å²) >= 11 is 3.28. The SMILES string of the molecule is CCc1ccc(C(=O)Nc2ccc(Br)cc2C#N)o1. The molecule has 5 heteroatoms. The molecule has 0 radical (unpaired) electrons. The van der Waals surface area contributed by atoms with Crippen LogP contribution in [0.15, 0.2) is 39.2 Å². The maximum Gasteiger partial charge on any atom is 0.291 e. The lowest BCUT2D eigenvalue weighted by molar-refractivity contribution is 0.0995. The van der Waals surface area contributed by atoms with E-state index in [1.165, 1.54) is 0 Å². The lowest BCUT2D eigenvalue weighted by Crippen LogP contribution is -2.11. The van der Waals surface area contributed by atoms with E-state index in [4.69, 9.17) is 9.68 Å². The molecule has 1 N–H and O–H groups in total. The number of benzene rings is 1. The molecule has 0 saturated heterocycles. The number of nitrogens with zero attached hydrogens (tertiary/aromatic N) is 1. The van der Waals surface area contributed by atoms with Gasteiger partial charge in [-0.1, -0.05) is 22.9 Å². The Hall–Kier alpha value is -2.06. The molecule has 0 saturated carbocycles. The van der Waals surface area contributed by atoms with Crippen LogP contribution in [0.4, 0.5) is 5.69 Å². The van der Waals surface area contributed by atoms with Gasteiger partial charge in [-0.3, -0.25) is 4.79 Å². The highest BCUT2D eigenvalue weighted by molar-refractivity contribution is 9.10. The summed E-state index contributed by atoms with van der Waals surface area (Å²) in [6.45, 7) is 1.95. The number of amides is 1. The fourth-order valence-electron chi connectivity index (χ4n) is 1.59. The number of hydrogen-bond acceptors (Lipinski definition) is 3. The van der Waals surface area contributed by atoms with Crippen LogP contribution in [0.25, 0.3) is 0 Å². The molecular formula is C14H11BrN2O2. The number of rotatable bonds is 3. The van der Waals surface area contributed by atoms with Gasteiger partial charge in [0.25, 0.3) is 5.91 Å². The first-order valence-corrected chi connectivity index (χ1v) is 6.53. The molecular weight excluding hydrogens is 308 g/mol. The molecule has 96 valence electrons. The van der Waals surface area contributed by atoms with Crippen LogP contribution in [-0.4, -0.2) is 5.91 Å². The van der Waals surface area contributed by atoms with Gasteiger partial charge in [0, 0.05) is 10.9 Å². The van der Waals surface area contributed by atoms with E-state index in [9.17, 15) is 4.79 Å². The Morgan fingerprint density at radius 1 is 1.42 bits per heavy atom. The Labute approximate surface area is 119 Å². The van der Waals surface area contributed by atoms with Crippen molar-refractivity contribution < 1.29 is 9.21 Å². The first kappa shape index (κ1) is 13.4. The van der Waals surface area contributed by atoms with Crippen molar-refractivity contribution in [3.8, 4) is 6.07 Å². The second kappa shape index (κ2) is 5.72. The molecule has 1 aromatic heterocycles. The zero-order chi connectivity index (χ0) is 13.8. The van der Waals surface area contributed by atoms with E-state index in [-0.39, 0.29) is 11.7 Å². The van der Waals surface area contributed by atoms with Crippen molar-refractivity contribution in [2.24, 2.45) is 0 Å². The second-order valence-electron chi connectivity index (χ2n) is 3.88. The summed E-state index contributed by atoms with van der Waals surface area (Å²) < 4.78 is 6.15. The van der Waals surface area contributed by atoms with E-state index in [1.54, 1.807) is 30.3 Å². The molecule has 0 aliphatic heterocycles. The number of halogens is 1. The topological polar surface area (TPSA) is 66.0 Å². The van der Waals surface area contributed by atoms with Gasteiger partial charge < -0.3 is 9.73 Å². The monoisotopic (exact) mass is 318 g/mol. The number of carbonyl (C=O) groups excluding carboxylic acids is 1. The molecule has 1 amide bonds. The highest BCUT2D eigenvalue weighted by atomic mass is 79.9. The van der Waals surface area contributed by atoms with E-state index in [0.717, 1.165) is 16.7 Å². The lowest BCUT2D eigenvalue weighted by Gasteiger charge is -2.05. The third-order valence-corrected chi connectivity index (χ3v) is 3.08. The molecule has 0 spiro atoms. The van der Waals surface area contributed by atoms with Gasteiger partial charge >= 0.3 is 0 Å². The van der Waals surface area contributed by atoms with Crippen LogP contribution in [0.5, 0.6) is 0 Å². The largest absolute Gasteiger partial charge is 0.456 e. The Balaban J connectivity index is 2.22. The van der Waals surface area contributed by atoms with Gasteiger partial charge in [-0.2, -0.15) is 5.26 Å². The molecule has 0 bridgehead atoms. The minimum absolute atomic E-state index is 0.239. The van der Waals surface area contributed by atoms with Crippen molar-refractivity contribution in [2.75, 3.05) is 5.32 Å². The van der Waals surface area contributed by atoms with Crippen molar-refractivity contribution in [1.82, 2.24) is 0 Å². The molecule has 19 heavy (non-hydrogen) atoms. The highest BCUT2D eigenvalue weighted by Crippen LogP contribution is 2.21. The molecule has 0 unspecified atom stereocenters. The third-order valence-electron chi connectivity index (χ3n) is 2.58. The normalized spacial score (nSPS) is 9.95. The van der Waals surface area contributed by atoms with E-state index in [0.29, 0.717) is 11.3 Å². The van der Waals surface area contributed by atoms with Crippen LogP contribution < -0.4 is 5.32 Å². The Morgan fingerprint density at radius 2 is 2.21 bits per heavy atom. The minimum Gasteiger partial charge on any atom is -0.456 e. The average molecular weight is 319 g/mol. The van der Waals surface area contributed by atoms with E-state index in [1.807, 2.05) is 13.0 Å². The van der Waals surface area contributed by atoms with Crippen molar-refractivity contribution in [1.29, 1.82) is 5.26 Å². The van der Waals surface area contributed by atoms with Crippen LogP contribution >= 0.6 is 15.9 Å². The van der Waals surface area contributed by atoms with Crippen molar-refractivity contribution in [3.63, 3.8) is 0 Å². The maximum atomic E-state index is 12.0. The zero-order valence-electron chi connectivity index (χ0n) is 10.2. The Bertz CT molecular complexity index is 656. The van der Waals surface area contributed by atoms with Crippen LogP contribution in [-0.2, 0) is 6.42 Å². The van der Waals surface area contributed by atoms with Gasteiger partial charge in [0.1, 0.15) is 11.8 Å². The highest BCUT2D eigenvalue weighted by Gasteiger charge is 2.13. The molecule has 1 heterocycles. The van der Waals surface area contributed by atoms with E-state index < -0.39 is 0 Å². The second-order valence-corrected chi connectivity index (χ2v) is 4.79. The summed E-state index contributed by atoms with van der Waals surface area (Å²) in [5.41, 5.74) is 0.857. The van der Waals surface area contributed by atoms with Crippen LogP contribution in [0.2, 0.25) is 0 Å². The minimum atomic E-state index is -0.362. The fourth-order valence-corrected chi connectivity index (χ4v) is 1.95. The number of carbonyl (C=O) groups is 1. The van der Waals surface area contributed by atoms with Crippen LogP contribution in [0.3, 0.4) is 0 Å². The molecule has 2 rings (SSSR count). The number of anilines is 1. The molecule has 2 aromatic rings. The molecule has 1 aromatic carbocycles. The van der Waals surface area contributed by atoms with E-state index >= 15 is 0 Å². The summed E-state index contributed by atoms with van der Waals surface area (Å²) in [7, 11) is 0. The van der Waals surface area contributed by atoms with Gasteiger partial charge in [-0.25, -0.2) is 0 Å². The number of nitrogens with one attached hydrogen (secondary N) is 1. The summed E-state index contributed by atoms with van der Waals surface area (Å²) in [6, 6.07) is 10.5. The smallest absolute Gasteiger partial charge is 0.291 e. The number of hydrogen-bond donors (Lipinski definition) is 1. The third kappa shape index (κ3) is 3.04. The predicted molar refractivity (Wildman–Crippen MR) is 74.9 cm³/mol. The first-order valence-electron chi connectivity index (χ1n) is 5.73. The van der Waals surface area contributed by atoms with Crippen molar-refractivity contribution >= 4 is 27.5 Å². The molecule has 0 aliphatic rings. The summed E-state index contributed by atoms with van der Waals surface area (Å²) in [5, 5.41) is 11.7. The number of nitriles is 1. The maximum absolute atomic E-state index is 12.0. The first-order chi connectivity index (χ1) is 9.13. The van der Waals surface area contributed by atoms with Gasteiger partial charge in [-0.05, 0) is 30.3 Å². The summed E-state index contributed by atoms with van der Waals surface area (Å²) in [4.78, 5) is 12.0. The lowest BCUT2D eigenvalue weighted by atomic mass is 10.2.